The molecular weight excluding hydrogens is 376 g/mol. The second-order valence-electron chi connectivity index (χ2n) is 2.18. The number of alkyl halides is 1. The molecule has 180 valence electrons. The highest BCUT2D eigenvalue weighted by atomic mass is 35.5. The van der Waals surface area contributed by atoms with E-state index in [1.807, 2.05) is 0 Å². The van der Waals surface area contributed by atoms with Crippen LogP contribution in [0.15, 0.2) is 12.2 Å². The highest BCUT2D eigenvalue weighted by Gasteiger charge is 1.98. The van der Waals surface area contributed by atoms with Gasteiger partial charge in [0.15, 0.2) is 0 Å². The summed E-state index contributed by atoms with van der Waals surface area (Å²) in [5.74, 6) is -0.312. The Kier molecular flexibility index (Phi) is 325. The lowest BCUT2D eigenvalue weighted by atomic mass is 10.4. The van der Waals surface area contributed by atoms with Gasteiger partial charge in [0.2, 0.25) is 0 Å². The van der Waals surface area contributed by atoms with Gasteiger partial charge in [0.1, 0.15) is 0 Å². The predicted octanol–water partition coefficient (Wildman–Crippen LogP) is 6.95. The van der Waals surface area contributed by atoms with Crippen molar-refractivity contribution in [1.29, 1.82) is 0 Å². The lowest BCUT2D eigenvalue weighted by Crippen LogP contribution is -2.03. The summed E-state index contributed by atoms with van der Waals surface area (Å²) in [6.45, 7) is 7.21. The van der Waals surface area contributed by atoms with Gasteiger partial charge in [0, 0.05) is 12.0 Å². The molecule has 0 saturated carbocycles. The minimum absolute atomic E-state index is 0. The van der Waals surface area contributed by atoms with E-state index in [-0.39, 0.29) is 72.8 Å². The highest BCUT2D eigenvalue weighted by Crippen LogP contribution is 1.89. The van der Waals surface area contributed by atoms with E-state index in [9.17, 15) is 4.79 Å². The number of carbonyl (C=O) groups excluding carboxylic acids is 1. The van der Waals surface area contributed by atoms with Crippen LogP contribution in [0, 0.1) is 0 Å². The molecule has 0 saturated heterocycles. The Morgan fingerprint density at radius 3 is 1.00 bits per heavy atom. The number of halogens is 1. The van der Waals surface area contributed by atoms with Gasteiger partial charge in [-0.2, -0.15) is 0 Å². The molecule has 0 aliphatic heterocycles. The van der Waals surface area contributed by atoms with Crippen molar-refractivity contribution in [3.8, 4) is 0 Å². The molecule has 2 amide bonds. The van der Waals surface area contributed by atoms with E-state index in [1.54, 1.807) is 13.8 Å². The zero-order valence-electron chi connectivity index (χ0n) is 10.5. The van der Waals surface area contributed by atoms with Crippen LogP contribution >= 0.6 is 11.6 Å². The lowest BCUT2D eigenvalue weighted by Gasteiger charge is -1.96. The number of primary amides is 2. The fourth-order valence-corrected chi connectivity index (χ4v) is 0.254. The van der Waals surface area contributed by atoms with Crippen molar-refractivity contribution in [2.45, 2.75) is 80.7 Å². The average molecular weight is 431 g/mol. The fourth-order valence-electron chi connectivity index (χ4n) is 0.254. The van der Waals surface area contributed by atoms with Crippen molar-refractivity contribution >= 4 is 29.8 Å². The molecule has 0 aromatic carbocycles. The van der Waals surface area contributed by atoms with E-state index < -0.39 is 12.2 Å². The van der Waals surface area contributed by atoms with E-state index in [2.05, 4.69) is 34.4 Å². The summed E-state index contributed by atoms with van der Waals surface area (Å²) in [7, 11) is 0. The summed E-state index contributed by atoms with van der Waals surface area (Å²) in [6.07, 6.45) is -1.19. The smallest absolute Gasteiger partial charge is 0.402 e. The van der Waals surface area contributed by atoms with Gasteiger partial charge in [-0.15, -0.1) is 11.6 Å². The average Bonchev–Trinajstić information content (AvgIpc) is 2.19. The maximum atomic E-state index is 10.4. The summed E-state index contributed by atoms with van der Waals surface area (Å²) in [6, 6.07) is 0. The fraction of sp³-hybridized carbons (Fsp3) is 0.722. The molecule has 0 bridgehead atoms. The van der Waals surface area contributed by atoms with Gasteiger partial charge in [-0.05, 0) is 13.8 Å². The first-order chi connectivity index (χ1) is 8.14. The third kappa shape index (κ3) is 460. The molecule has 0 aliphatic carbocycles. The van der Waals surface area contributed by atoms with Crippen molar-refractivity contribution in [3.63, 3.8) is 0 Å². The number of esters is 1. The Labute approximate surface area is 176 Å². The molecule has 0 atom stereocenters. The van der Waals surface area contributed by atoms with Crippen LogP contribution in [0.25, 0.3) is 0 Å². The Morgan fingerprint density at radius 1 is 0.815 bits per heavy atom. The predicted molar refractivity (Wildman–Crippen MR) is 128 cm³/mol. The molecule has 0 unspecified atom stereocenters. The zero-order valence-corrected chi connectivity index (χ0v) is 11.2. The molecule has 27 heavy (non-hydrogen) atoms. The van der Waals surface area contributed by atoms with Crippen LogP contribution in [0.3, 0.4) is 0 Å². The summed E-state index contributed by atoms with van der Waals surface area (Å²) in [5.41, 5.74) is 8.51. The van der Waals surface area contributed by atoms with E-state index in [1.165, 1.54) is 6.38 Å². The van der Waals surface area contributed by atoms with Crippen molar-refractivity contribution < 1.29 is 29.3 Å². The summed E-state index contributed by atoms with van der Waals surface area (Å²) >= 11 is 4.64. The second kappa shape index (κ2) is 88.0. The minimum atomic E-state index is -1.33. The van der Waals surface area contributed by atoms with Gasteiger partial charge in [-0.3, -0.25) is 0 Å². The molecule has 0 aliphatic rings. The SMILES string of the molecule is C.C.C.C.C.C.C.C.C.C=C(C)C(=O)OCC.CCl.NC(=O)O.NC(=O)O. The van der Waals surface area contributed by atoms with Gasteiger partial charge >= 0.3 is 18.2 Å². The standard InChI is InChI=1S/C6H10O2.CH3Cl.2CH3NO2.9CH4/c1-4-8-6(7)5(2)3;1-2;2*2-1(3)4;;;;;;;;;/h2,4H2,1,3H3;1H3;2*2H2,(H,3,4);9*1H4. The maximum absolute atomic E-state index is 10.4. The molecule has 0 heterocycles. The summed E-state index contributed by atoms with van der Waals surface area (Å²) < 4.78 is 4.56. The Morgan fingerprint density at radius 2 is 0.963 bits per heavy atom. The number of nitrogens with two attached hydrogens (primary N) is 2. The second-order valence-corrected chi connectivity index (χ2v) is 2.18. The van der Waals surface area contributed by atoms with Crippen LogP contribution < -0.4 is 11.5 Å². The number of rotatable bonds is 2. The monoisotopic (exact) mass is 430 g/mol. The first kappa shape index (κ1) is 99.8. The van der Waals surface area contributed by atoms with Crippen molar-refractivity contribution in [2.75, 3.05) is 13.0 Å². The number of carboxylic acid groups (broad SMARTS) is 2. The van der Waals surface area contributed by atoms with E-state index in [4.69, 9.17) is 19.8 Å². The first-order valence-corrected chi connectivity index (χ1v) is 5.07. The van der Waals surface area contributed by atoms with Crippen LogP contribution in [-0.4, -0.2) is 41.4 Å². The van der Waals surface area contributed by atoms with Crippen LogP contribution in [0.2, 0.25) is 0 Å². The van der Waals surface area contributed by atoms with Gasteiger partial charge in [-0.25, -0.2) is 14.4 Å². The molecule has 9 heteroatoms. The van der Waals surface area contributed by atoms with Crippen LogP contribution in [0.4, 0.5) is 9.59 Å². The summed E-state index contributed by atoms with van der Waals surface area (Å²) in [5, 5.41) is 14.4. The van der Waals surface area contributed by atoms with Crippen molar-refractivity contribution in [3.05, 3.63) is 12.2 Å². The van der Waals surface area contributed by atoms with Gasteiger partial charge < -0.3 is 26.4 Å². The Balaban J connectivity index is -0.00000000852. The van der Waals surface area contributed by atoms with Gasteiger partial charge in [0.05, 0.1) is 6.61 Å². The molecule has 8 nitrogen and oxygen atoms in total. The van der Waals surface area contributed by atoms with Crippen molar-refractivity contribution in [1.82, 2.24) is 0 Å². The first-order valence-electron chi connectivity index (χ1n) is 4.32. The zero-order chi connectivity index (χ0) is 15.7. The molecule has 0 aromatic heterocycles. The quantitative estimate of drug-likeness (QED) is 0.211. The van der Waals surface area contributed by atoms with Crippen LogP contribution in [0.5, 0.6) is 0 Å². The van der Waals surface area contributed by atoms with E-state index in [0.29, 0.717) is 12.2 Å². The van der Waals surface area contributed by atoms with E-state index >= 15 is 0 Å². The van der Waals surface area contributed by atoms with E-state index in [0.717, 1.165) is 0 Å². The highest BCUT2D eigenvalue weighted by molar-refractivity contribution is 6.15. The lowest BCUT2D eigenvalue weighted by molar-refractivity contribution is -0.138. The number of hydrogen-bond acceptors (Lipinski definition) is 4. The number of hydrogen-bond donors (Lipinski definition) is 4. The van der Waals surface area contributed by atoms with Crippen LogP contribution in [-0.2, 0) is 9.53 Å². The molecular formula is C18H55ClN2O6. The maximum Gasteiger partial charge on any atom is 0.402 e. The third-order valence-electron chi connectivity index (χ3n) is 0.624. The number of carbonyl (C=O) groups is 3. The molecule has 0 aromatic rings. The molecule has 0 radical (unpaired) electrons. The number of amides is 2. The molecule has 6 N–H and O–H groups in total. The molecule has 0 rings (SSSR count). The van der Waals surface area contributed by atoms with Crippen LogP contribution in [0.1, 0.15) is 80.7 Å². The Hall–Kier alpha value is -1.96. The molecule has 0 fully saturated rings. The third-order valence-corrected chi connectivity index (χ3v) is 0.624. The van der Waals surface area contributed by atoms with Gasteiger partial charge in [0.25, 0.3) is 0 Å². The normalized spacial score (nSPS) is 4.44. The number of ether oxygens (including phenoxy) is 1. The minimum Gasteiger partial charge on any atom is -0.465 e. The molecule has 0 spiro atoms. The summed E-state index contributed by atoms with van der Waals surface area (Å²) in [4.78, 5) is 28.0. The van der Waals surface area contributed by atoms with Gasteiger partial charge in [-0.1, -0.05) is 73.4 Å². The largest absolute Gasteiger partial charge is 0.465 e. The van der Waals surface area contributed by atoms with Crippen molar-refractivity contribution in [2.24, 2.45) is 11.5 Å². The topological polar surface area (TPSA) is 153 Å². The Bertz CT molecular complexity index is 244.